The van der Waals surface area contributed by atoms with Crippen LogP contribution < -0.4 is 4.74 Å². The van der Waals surface area contributed by atoms with E-state index in [0.29, 0.717) is 49.4 Å². The fraction of sp³-hybridized carbons (Fsp3) is 0.440. The van der Waals surface area contributed by atoms with Gasteiger partial charge in [0.2, 0.25) is 10.0 Å². The Hall–Kier alpha value is -3.31. The summed E-state index contributed by atoms with van der Waals surface area (Å²) in [6.07, 6.45) is 5.79. The number of fused-ring (bicyclic) bond motifs is 2. The summed E-state index contributed by atoms with van der Waals surface area (Å²) in [5.74, 6) is 0.431. The molecule has 3 aromatic rings. The molecule has 0 radical (unpaired) electrons. The maximum atomic E-state index is 14.0. The third-order valence-corrected chi connectivity index (χ3v) is 8.90. The van der Waals surface area contributed by atoms with Gasteiger partial charge in [-0.3, -0.25) is 4.79 Å². The molecule has 36 heavy (non-hydrogen) atoms. The normalized spacial score (nSPS) is 22.0. The quantitative estimate of drug-likeness (QED) is 0.533. The highest BCUT2D eigenvalue weighted by Crippen LogP contribution is 2.33. The first kappa shape index (κ1) is 24.4. The van der Waals surface area contributed by atoms with Crippen LogP contribution in [0.5, 0.6) is 5.75 Å². The highest BCUT2D eigenvalue weighted by Gasteiger charge is 2.39. The number of amides is 1. The minimum atomic E-state index is -3.80. The molecule has 0 spiro atoms. The third kappa shape index (κ3) is 4.85. The van der Waals surface area contributed by atoms with Gasteiger partial charge in [-0.05, 0) is 78.9 Å². The Morgan fingerprint density at radius 1 is 0.944 bits per heavy atom. The van der Waals surface area contributed by atoms with Crippen LogP contribution in [-0.4, -0.2) is 76.0 Å². The second-order valence-corrected chi connectivity index (χ2v) is 11.2. The maximum Gasteiger partial charge on any atom is 0.257 e. The fourth-order valence-corrected chi connectivity index (χ4v) is 6.75. The Labute approximate surface area is 210 Å². The molecule has 5 rings (SSSR count). The lowest BCUT2D eigenvalue weighted by atomic mass is 9.92. The minimum absolute atomic E-state index is 0.0781. The zero-order chi connectivity index (χ0) is 25.1. The van der Waals surface area contributed by atoms with Gasteiger partial charge in [0.1, 0.15) is 18.2 Å². The molecule has 1 saturated carbocycles. The zero-order valence-corrected chi connectivity index (χ0v) is 21.0. The number of rotatable bonds is 3. The summed E-state index contributed by atoms with van der Waals surface area (Å²) in [6, 6.07) is 13.5. The van der Waals surface area contributed by atoms with E-state index in [9.17, 15) is 13.2 Å². The third-order valence-electron chi connectivity index (χ3n) is 6.96. The number of tetrazole rings is 1. The molecule has 0 unspecified atom stereocenters. The molecule has 1 aromatic heterocycles. The number of para-hydroxylation sites is 1. The Kier molecular flexibility index (Phi) is 7.01. The lowest BCUT2D eigenvalue weighted by Crippen LogP contribution is -2.51. The monoisotopic (exact) mass is 510 g/mol. The molecule has 0 bridgehead atoms. The first-order valence-corrected chi connectivity index (χ1v) is 13.8. The van der Waals surface area contributed by atoms with Crippen molar-refractivity contribution in [2.24, 2.45) is 0 Å². The van der Waals surface area contributed by atoms with Crippen molar-refractivity contribution in [1.29, 1.82) is 0 Å². The fourth-order valence-electron chi connectivity index (χ4n) is 5.03. The predicted octanol–water partition coefficient (Wildman–Crippen LogP) is 2.91. The van der Waals surface area contributed by atoms with Crippen LogP contribution in [0.15, 0.2) is 59.8 Å². The number of hydrogen-bond donors (Lipinski definition) is 0. The average Bonchev–Trinajstić information content (AvgIpc) is 3.44. The molecule has 2 heterocycles. The van der Waals surface area contributed by atoms with Crippen molar-refractivity contribution in [3.63, 3.8) is 0 Å². The number of nitrogens with zero attached hydrogens (tertiary/aromatic N) is 6. The van der Waals surface area contributed by atoms with Gasteiger partial charge in [0.25, 0.3) is 5.91 Å². The summed E-state index contributed by atoms with van der Waals surface area (Å²) >= 11 is 0. The maximum absolute atomic E-state index is 14.0. The van der Waals surface area contributed by atoms with E-state index in [1.54, 1.807) is 52.7 Å². The minimum Gasteiger partial charge on any atom is -0.488 e. The molecule has 1 aliphatic heterocycles. The number of hydrogen-bond acceptors (Lipinski definition) is 7. The van der Waals surface area contributed by atoms with Crippen molar-refractivity contribution >= 4 is 15.9 Å². The van der Waals surface area contributed by atoms with E-state index in [-0.39, 0.29) is 22.9 Å². The molecule has 2 atom stereocenters. The van der Waals surface area contributed by atoms with E-state index < -0.39 is 10.0 Å². The van der Waals surface area contributed by atoms with Crippen LogP contribution in [0, 0.1) is 0 Å². The summed E-state index contributed by atoms with van der Waals surface area (Å²) in [5, 5.41) is 11.1. The van der Waals surface area contributed by atoms with E-state index in [2.05, 4.69) is 15.5 Å². The van der Waals surface area contributed by atoms with Crippen LogP contribution >= 0.6 is 0 Å². The highest BCUT2D eigenvalue weighted by molar-refractivity contribution is 7.89. The lowest BCUT2D eigenvalue weighted by Gasteiger charge is -2.39. The molecule has 2 aromatic carbocycles. The lowest BCUT2D eigenvalue weighted by molar-refractivity contribution is 0.0658. The summed E-state index contributed by atoms with van der Waals surface area (Å²) in [5.41, 5.74) is 1.19. The molecule has 1 amide bonds. The smallest absolute Gasteiger partial charge is 0.257 e. The van der Waals surface area contributed by atoms with Crippen molar-refractivity contribution in [3.8, 4) is 11.4 Å². The van der Waals surface area contributed by atoms with Crippen molar-refractivity contribution in [3.05, 3.63) is 60.4 Å². The van der Waals surface area contributed by atoms with Gasteiger partial charge in [-0.15, -0.1) is 5.10 Å². The Bertz CT molecular complexity index is 1300. The largest absolute Gasteiger partial charge is 0.488 e. The zero-order valence-electron chi connectivity index (χ0n) is 20.2. The molecule has 0 saturated heterocycles. The van der Waals surface area contributed by atoms with Gasteiger partial charge >= 0.3 is 0 Å². The van der Waals surface area contributed by atoms with Gasteiger partial charge in [-0.2, -0.15) is 4.31 Å². The van der Waals surface area contributed by atoms with Gasteiger partial charge in [-0.25, -0.2) is 13.1 Å². The van der Waals surface area contributed by atoms with E-state index >= 15 is 0 Å². The standard InChI is InChI=1S/C25H30N6O4S/c1-29-16-6-7-17-31(36(33,34)20-14-12-19(13-15-20)30-18-26-27-28-30)22-9-3-5-11-24(22)35-23-10-4-2-8-21(23)25(29)32/h2,4,8,10,12-15,18,22,24H,3,5-7,9,11,16-17H2,1H3/t22-,24+/m1/s1. The first-order valence-electron chi connectivity index (χ1n) is 12.3. The van der Waals surface area contributed by atoms with Crippen molar-refractivity contribution < 1.29 is 17.9 Å². The number of ether oxygens (including phenoxy) is 1. The van der Waals surface area contributed by atoms with Gasteiger partial charge in [0, 0.05) is 20.1 Å². The summed E-state index contributed by atoms with van der Waals surface area (Å²) in [6.45, 7) is 0.904. The van der Waals surface area contributed by atoms with Crippen molar-refractivity contribution in [2.75, 3.05) is 20.1 Å². The van der Waals surface area contributed by atoms with Gasteiger partial charge < -0.3 is 9.64 Å². The molecular formula is C25H30N6O4S. The summed E-state index contributed by atoms with van der Waals surface area (Å²) in [7, 11) is -2.02. The number of sulfonamides is 1. The van der Waals surface area contributed by atoms with Crippen LogP contribution in [0.25, 0.3) is 5.69 Å². The Morgan fingerprint density at radius 3 is 2.47 bits per heavy atom. The van der Waals surface area contributed by atoms with Crippen LogP contribution in [0.4, 0.5) is 0 Å². The van der Waals surface area contributed by atoms with E-state index in [0.717, 1.165) is 19.3 Å². The van der Waals surface area contributed by atoms with Crippen LogP contribution in [0.3, 0.4) is 0 Å². The number of carbonyl (C=O) groups excluding carboxylic acids is 1. The van der Waals surface area contributed by atoms with E-state index in [4.69, 9.17) is 4.74 Å². The molecular weight excluding hydrogens is 480 g/mol. The van der Waals surface area contributed by atoms with Gasteiger partial charge in [0.05, 0.1) is 22.2 Å². The average molecular weight is 511 g/mol. The van der Waals surface area contributed by atoms with Crippen molar-refractivity contribution in [2.45, 2.75) is 55.6 Å². The second kappa shape index (κ2) is 10.4. The summed E-state index contributed by atoms with van der Waals surface area (Å²) < 4.78 is 37.5. The highest BCUT2D eigenvalue weighted by atomic mass is 32.2. The Morgan fingerprint density at radius 2 is 1.69 bits per heavy atom. The van der Waals surface area contributed by atoms with Crippen LogP contribution in [0.2, 0.25) is 0 Å². The number of aromatic nitrogens is 4. The number of benzene rings is 2. The molecule has 0 N–H and O–H groups in total. The van der Waals surface area contributed by atoms with Crippen molar-refractivity contribution in [1.82, 2.24) is 29.4 Å². The molecule has 2 aliphatic rings. The topological polar surface area (TPSA) is 111 Å². The van der Waals surface area contributed by atoms with Crippen LogP contribution in [0.1, 0.15) is 48.9 Å². The van der Waals surface area contributed by atoms with Gasteiger partial charge in [0.15, 0.2) is 0 Å². The van der Waals surface area contributed by atoms with Gasteiger partial charge in [-0.1, -0.05) is 18.6 Å². The first-order chi connectivity index (χ1) is 17.4. The van der Waals surface area contributed by atoms with Crippen LogP contribution in [-0.2, 0) is 10.0 Å². The molecule has 1 fully saturated rings. The molecule has 190 valence electrons. The summed E-state index contributed by atoms with van der Waals surface area (Å²) in [4.78, 5) is 15.0. The second-order valence-electron chi connectivity index (χ2n) is 9.30. The van der Waals surface area contributed by atoms with E-state index in [1.807, 2.05) is 12.1 Å². The predicted molar refractivity (Wildman–Crippen MR) is 132 cm³/mol. The van der Waals surface area contributed by atoms with E-state index in [1.165, 1.54) is 11.0 Å². The number of carbonyl (C=O) groups is 1. The molecule has 10 nitrogen and oxygen atoms in total. The molecule has 1 aliphatic carbocycles. The Balaban J connectivity index is 1.50. The molecule has 11 heteroatoms. The SMILES string of the molecule is CN1CCCCN(S(=O)(=O)c2ccc(-n3cnnn3)cc2)[C@@H]2CCCC[C@@H]2Oc2ccccc2C1=O.